The summed E-state index contributed by atoms with van der Waals surface area (Å²) in [6.45, 7) is 2.82. The average Bonchev–Trinajstić information content (AvgIpc) is 2.75. The second-order valence-corrected chi connectivity index (χ2v) is 4.91. The Hall–Kier alpha value is -1.93. The molecule has 1 aromatic rings. The van der Waals surface area contributed by atoms with Crippen LogP contribution in [-0.2, 0) is 14.3 Å². The van der Waals surface area contributed by atoms with Crippen LogP contribution in [0.3, 0.4) is 0 Å². The molecule has 1 saturated heterocycles. The number of aliphatic hydroxyl groups excluding tert-OH is 1. The number of hydrogen-bond donors (Lipinski definition) is 2. The Balaban J connectivity index is 2.37. The molecule has 2 rings (SSSR count). The van der Waals surface area contributed by atoms with Crippen molar-refractivity contribution >= 4 is 5.97 Å². The molecule has 8 heteroatoms. The third kappa shape index (κ3) is 3.06. The lowest BCUT2D eigenvalue weighted by Crippen LogP contribution is -2.37. The largest absolute Gasteiger partial charge is 0.459 e. The van der Waals surface area contributed by atoms with Gasteiger partial charge in [0, 0.05) is 19.2 Å². The minimum Gasteiger partial charge on any atom is -0.459 e. The van der Waals surface area contributed by atoms with Gasteiger partial charge in [-0.3, -0.25) is 19.1 Å². The van der Waals surface area contributed by atoms with Gasteiger partial charge < -0.3 is 14.6 Å². The van der Waals surface area contributed by atoms with E-state index in [9.17, 15) is 19.5 Å². The number of nitrogens with one attached hydrogen (secondary N) is 1. The van der Waals surface area contributed by atoms with Crippen LogP contribution in [0.1, 0.15) is 26.5 Å². The summed E-state index contributed by atoms with van der Waals surface area (Å²) in [7, 11) is 0. The summed E-state index contributed by atoms with van der Waals surface area (Å²) < 4.78 is 12.1. The first-order chi connectivity index (χ1) is 9.97. The molecule has 2 N–H and O–H groups in total. The van der Waals surface area contributed by atoms with Crippen LogP contribution in [-0.4, -0.2) is 39.4 Å². The third-order valence-electron chi connectivity index (χ3n) is 3.51. The van der Waals surface area contributed by atoms with Crippen molar-refractivity contribution in [2.75, 3.05) is 6.61 Å². The van der Waals surface area contributed by atoms with Crippen molar-refractivity contribution in [2.45, 2.75) is 38.7 Å². The van der Waals surface area contributed by atoms with Gasteiger partial charge in [-0.05, 0) is 6.42 Å². The monoisotopic (exact) mass is 298 g/mol. The summed E-state index contributed by atoms with van der Waals surface area (Å²) in [5.41, 5.74) is -1.15. The molecule has 2 heterocycles. The number of esters is 1. The van der Waals surface area contributed by atoms with Gasteiger partial charge in [-0.1, -0.05) is 6.92 Å². The number of H-pyrrole nitrogens is 1. The Morgan fingerprint density at radius 2 is 2.24 bits per heavy atom. The molecule has 0 saturated carbocycles. The van der Waals surface area contributed by atoms with Crippen LogP contribution in [0.15, 0.2) is 21.9 Å². The van der Waals surface area contributed by atoms with Crippen LogP contribution < -0.4 is 11.2 Å². The molecule has 21 heavy (non-hydrogen) atoms. The minimum absolute atomic E-state index is 0.315. The Kier molecular flexibility index (Phi) is 4.59. The van der Waals surface area contributed by atoms with Gasteiger partial charge in [0.25, 0.3) is 5.56 Å². The highest BCUT2D eigenvalue weighted by atomic mass is 16.6. The smallest absolute Gasteiger partial charge is 0.330 e. The number of aromatic nitrogens is 2. The van der Waals surface area contributed by atoms with Gasteiger partial charge in [-0.2, -0.15) is 0 Å². The van der Waals surface area contributed by atoms with E-state index in [-0.39, 0.29) is 6.61 Å². The number of hydrogen-bond acceptors (Lipinski definition) is 6. The molecule has 1 fully saturated rings. The lowest BCUT2D eigenvalue weighted by Gasteiger charge is -2.22. The van der Waals surface area contributed by atoms with E-state index in [1.807, 2.05) is 6.92 Å². The zero-order valence-corrected chi connectivity index (χ0v) is 11.8. The maximum atomic E-state index is 11.9. The van der Waals surface area contributed by atoms with Gasteiger partial charge in [-0.25, -0.2) is 4.79 Å². The quantitative estimate of drug-likeness (QED) is 0.717. The van der Waals surface area contributed by atoms with E-state index in [0.29, 0.717) is 6.42 Å². The second kappa shape index (κ2) is 6.23. The molecule has 1 unspecified atom stereocenters. The highest BCUT2D eigenvalue weighted by molar-refractivity contribution is 5.66. The molecule has 0 radical (unpaired) electrons. The molecular formula is C13H18N2O6. The molecule has 0 bridgehead atoms. The zero-order valence-electron chi connectivity index (χ0n) is 11.8. The average molecular weight is 298 g/mol. The predicted octanol–water partition coefficient (Wildman–Crippen LogP) is -0.616. The Bertz CT molecular complexity index is 622. The fourth-order valence-corrected chi connectivity index (χ4v) is 2.57. The highest BCUT2D eigenvalue weighted by Gasteiger charge is 2.46. The fraction of sp³-hybridized carbons (Fsp3) is 0.615. The van der Waals surface area contributed by atoms with Gasteiger partial charge in [0.1, 0.15) is 12.3 Å². The Morgan fingerprint density at radius 1 is 1.52 bits per heavy atom. The molecular weight excluding hydrogens is 280 g/mol. The fourth-order valence-electron chi connectivity index (χ4n) is 2.57. The summed E-state index contributed by atoms with van der Waals surface area (Å²) in [6.07, 6.45) is 0.00490. The molecule has 1 aliphatic rings. The molecule has 0 spiro atoms. The van der Waals surface area contributed by atoms with E-state index < -0.39 is 41.6 Å². The number of aliphatic hydroxyl groups is 1. The van der Waals surface area contributed by atoms with E-state index in [0.717, 1.165) is 0 Å². The number of aromatic amines is 1. The first kappa shape index (κ1) is 15.5. The lowest BCUT2D eigenvalue weighted by atomic mass is 9.99. The maximum absolute atomic E-state index is 11.9. The SMILES string of the molecule is CC[C@H]1O[C@@H](n2ccc(=O)[nH]c2=O)[C@H](CO)C1OC(C)=O. The number of rotatable bonds is 4. The maximum Gasteiger partial charge on any atom is 0.330 e. The van der Waals surface area contributed by atoms with E-state index in [1.54, 1.807) is 0 Å². The molecule has 0 aromatic carbocycles. The van der Waals surface area contributed by atoms with Crippen LogP contribution >= 0.6 is 0 Å². The van der Waals surface area contributed by atoms with Crippen molar-refractivity contribution in [3.8, 4) is 0 Å². The first-order valence-electron chi connectivity index (χ1n) is 6.73. The van der Waals surface area contributed by atoms with Crippen LogP contribution in [0.2, 0.25) is 0 Å². The van der Waals surface area contributed by atoms with Gasteiger partial charge in [0.05, 0.1) is 18.6 Å². The lowest BCUT2D eigenvalue weighted by molar-refractivity contribution is -0.151. The number of nitrogens with zero attached hydrogens (tertiary/aromatic N) is 1. The Morgan fingerprint density at radius 3 is 2.76 bits per heavy atom. The number of carbonyl (C=O) groups is 1. The van der Waals surface area contributed by atoms with Gasteiger partial charge in [0.15, 0.2) is 0 Å². The normalized spacial score (nSPS) is 28.5. The highest BCUT2D eigenvalue weighted by Crippen LogP contribution is 2.36. The molecule has 4 atom stereocenters. The van der Waals surface area contributed by atoms with Crippen LogP contribution in [0.5, 0.6) is 0 Å². The molecule has 1 aliphatic heterocycles. The van der Waals surface area contributed by atoms with E-state index in [4.69, 9.17) is 9.47 Å². The van der Waals surface area contributed by atoms with Crippen molar-refractivity contribution in [1.29, 1.82) is 0 Å². The van der Waals surface area contributed by atoms with Crippen LogP contribution in [0.4, 0.5) is 0 Å². The van der Waals surface area contributed by atoms with Crippen molar-refractivity contribution in [3.05, 3.63) is 33.1 Å². The van der Waals surface area contributed by atoms with Crippen LogP contribution in [0.25, 0.3) is 0 Å². The molecule has 0 aliphatic carbocycles. The zero-order chi connectivity index (χ0) is 15.6. The molecule has 116 valence electrons. The third-order valence-corrected chi connectivity index (χ3v) is 3.51. The van der Waals surface area contributed by atoms with Gasteiger partial charge in [0.2, 0.25) is 0 Å². The van der Waals surface area contributed by atoms with E-state index >= 15 is 0 Å². The minimum atomic E-state index is -0.798. The van der Waals surface area contributed by atoms with E-state index in [1.165, 1.54) is 23.8 Å². The first-order valence-corrected chi connectivity index (χ1v) is 6.73. The van der Waals surface area contributed by atoms with Crippen molar-refractivity contribution in [3.63, 3.8) is 0 Å². The summed E-state index contributed by atoms with van der Waals surface area (Å²) >= 11 is 0. The molecule has 8 nitrogen and oxygen atoms in total. The van der Waals surface area contributed by atoms with Crippen LogP contribution in [0, 0.1) is 5.92 Å². The second-order valence-electron chi connectivity index (χ2n) is 4.91. The number of carbonyl (C=O) groups excluding carboxylic acids is 1. The van der Waals surface area contributed by atoms with Crippen molar-refractivity contribution < 1.29 is 19.4 Å². The standard InChI is InChI=1S/C13H18N2O6/c1-3-9-11(20-7(2)17)8(6-16)12(21-9)15-5-4-10(18)14-13(15)19/h4-5,8-9,11-12,16H,3,6H2,1-2H3,(H,14,18,19)/t8-,9-,11?,12-/m1/s1. The summed E-state index contributed by atoms with van der Waals surface area (Å²) in [6, 6.07) is 1.19. The number of ether oxygens (including phenoxy) is 2. The summed E-state index contributed by atoms with van der Waals surface area (Å²) in [4.78, 5) is 36.3. The topological polar surface area (TPSA) is 111 Å². The molecule has 1 aromatic heterocycles. The van der Waals surface area contributed by atoms with E-state index in [2.05, 4.69) is 4.98 Å². The van der Waals surface area contributed by atoms with Crippen molar-refractivity contribution in [1.82, 2.24) is 9.55 Å². The Labute approximate surface area is 120 Å². The summed E-state index contributed by atoms with van der Waals surface area (Å²) in [5, 5.41) is 9.58. The van der Waals surface area contributed by atoms with Gasteiger partial charge in [-0.15, -0.1) is 0 Å². The van der Waals surface area contributed by atoms with Gasteiger partial charge >= 0.3 is 11.7 Å². The summed E-state index contributed by atoms with van der Waals surface area (Å²) in [5.74, 6) is -1.06. The van der Waals surface area contributed by atoms with Crippen molar-refractivity contribution in [2.24, 2.45) is 5.92 Å². The predicted molar refractivity (Wildman–Crippen MR) is 71.7 cm³/mol. The molecule has 0 amide bonds.